The van der Waals surface area contributed by atoms with Crippen LogP contribution in [0.3, 0.4) is 0 Å². The van der Waals surface area contributed by atoms with Gasteiger partial charge in [-0.3, -0.25) is 4.79 Å². The van der Waals surface area contributed by atoms with Crippen LogP contribution < -0.4 is 5.32 Å². The monoisotopic (exact) mass is 430 g/mol. The Bertz CT molecular complexity index is 989. The second kappa shape index (κ2) is 9.65. The average Bonchev–Trinajstić information content (AvgIpc) is 3.15. The second-order valence-corrected chi connectivity index (χ2v) is 8.80. The molecule has 0 spiro atoms. The molecule has 0 aliphatic carbocycles. The summed E-state index contributed by atoms with van der Waals surface area (Å²) in [7, 11) is 0. The first-order valence-electron chi connectivity index (χ1n) is 11.7. The minimum absolute atomic E-state index is 0.0646. The van der Waals surface area contributed by atoms with Gasteiger partial charge in [-0.05, 0) is 36.8 Å². The number of nitrogens with one attached hydrogen (secondary N) is 1. The number of hydrogen-bond acceptors (Lipinski definition) is 4. The summed E-state index contributed by atoms with van der Waals surface area (Å²) in [5, 5.41) is 12.4. The minimum Gasteiger partial charge on any atom is -0.381 e. The number of nitrogens with zero attached hydrogens (tertiary/aromatic N) is 3. The van der Waals surface area contributed by atoms with Gasteiger partial charge in [-0.2, -0.15) is 0 Å². The fourth-order valence-corrected chi connectivity index (χ4v) is 4.98. The molecule has 0 radical (unpaired) electrons. The predicted octanol–water partition coefficient (Wildman–Crippen LogP) is 3.83. The molecule has 1 atom stereocenters. The lowest BCUT2D eigenvalue weighted by molar-refractivity contribution is -0.122. The topological polar surface area (TPSA) is 69.0 Å². The Morgan fingerprint density at radius 3 is 2.22 bits per heavy atom. The van der Waals surface area contributed by atoms with Crippen LogP contribution in [0.5, 0.6) is 0 Å². The fourth-order valence-electron chi connectivity index (χ4n) is 4.98. The number of amides is 1. The molecule has 6 heteroatoms. The summed E-state index contributed by atoms with van der Waals surface area (Å²) in [5.74, 6) is 2.33. The van der Waals surface area contributed by atoms with E-state index >= 15 is 0 Å². The Morgan fingerprint density at radius 2 is 1.56 bits per heavy atom. The van der Waals surface area contributed by atoms with Gasteiger partial charge in [0.05, 0.1) is 5.92 Å². The van der Waals surface area contributed by atoms with Crippen molar-refractivity contribution < 1.29 is 9.53 Å². The number of ether oxygens (including phenoxy) is 1. The summed E-state index contributed by atoms with van der Waals surface area (Å²) in [5.41, 5.74) is 2.03. The van der Waals surface area contributed by atoms with E-state index in [-0.39, 0.29) is 17.9 Å². The first kappa shape index (κ1) is 20.9. The van der Waals surface area contributed by atoms with Crippen LogP contribution in [-0.2, 0) is 22.5 Å². The number of carbonyl (C=O) groups is 1. The largest absolute Gasteiger partial charge is 0.381 e. The van der Waals surface area contributed by atoms with Gasteiger partial charge in [0.2, 0.25) is 5.91 Å². The standard InChI is InChI=1S/C26H30N4O2/c31-26(24(19-7-3-1-4-8-19)20-9-5-2-6-10-20)27-22-11-12-23-28-29-25(30(23)16-13-22)21-14-17-32-18-15-21/h1-10,21-22,24H,11-18H2,(H,27,31). The SMILES string of the molecule is O=C(NC1CCc2nnc(C3CCOCC3)n2CC1)C(c1ccccc1)c1ccccc1. The van der Waals surface area contributed by atoms with Crippen molar-refractivity contribution in [2.24, 2.45) is 0 Å². The van der Waals surface area contributed by atoms with Crippen LogP contribution in [0.1, 0.15) is 60.3 Å². The highest BCUT2D eigenvalue weighted by Gasteiger charge is 2.29. The summed E-state index contributed by atoms with van der Waals surface area (Å²) in [6.45, 7) is 2.44. The molecule has 3 aromatic rings. The Labute approximate surface area is 189 Å². The molecule has 0 saturated carbocycles. The van der Waals surface area contributed by atoms with Gasteiger partial charge in [0.15, 0.2) is 0 Å². The van der Waals surface area contributed by atoms with Crippen molar-refractivity contribution in [3.05, 3.63) is 83.4 Å². The van der Waals surface area contributed by atoms with E-state index in [4.69, 9.17) is 4.74 Å². The molecule has 1 unspecified atom stereocenters. The van der Waals surface area contributed by atoms with Crippen molar-refractivity contribution in [1.29, 1.82) is 0 Å². The van der Waals surface area contributed by atoms with Crippen LogP contribution in [0.2, 0.25) is 0 Å². The van der Waals surface area contributed by atoms with Gasteiger partial charge >= 0.3 is 0 Å². The molecular formula is C26H30N4O2. The number of aromatic nitrogens is 3. The van der Waals surface area contributed by atoms with Crippen LogP contribution in [0.15, 0.2) is 60.7 Å². The zero-order valence-electron chi connectivity index (χ0n) is 18.3. The highest BCUT2D eigenvalue weighted by Crippen LogP contribution is 2.29. The van der Waals surface area contributed by atoms with Crippen molar-refractivity contribution >= 4 is 5.91 Å². The normalized spacial score (nSPS) is 19.3. The van der Waals surface area contributed by atoms with Crippen LogP contribution in [-0.4, -0.2) is 39.9 Å². The van der Waals surface area contributed by atoms with E-state index in [1.807, 2.05) is 60.7 Å². The van der Waals surface area contributed by atoms with Crippen LogP contribution in [0.25, 0.3) is 0 Å². The third-order valence-electron chi connectivity index (χ3n) is 6.73. The first-order chi connectivity index (χ1) is 15.8. The van der Waals surface area contributed by atoms with Gasteiger partial charge in [-0.1, -0.05) is 60.7 Å². The van der Waals surface area contributed by atoms with E-state index < -0.39 is 0 Å². The Balaban J connectivity index is 1.30. The fraction of sp³-hybridized carbons (Fsp3) is 0.423. The number of benzene rings is 2. The summed E-state index contributed by atoms with van der Waals surface area (Å²) >= 11 is 0. The molecule has 6 nitrogen and oxygen atoms in total. The molecule has 0 bridgehead atoms. The van der Waals surface area contributed by atoms with Crippen molar-refractivity contribution in [2.45, 2.75) is 56.5 Å². The molecule has 2 aliphatic heterocycles. The molecule has 2 aromatic carbocycles. The van der Waals surface area contributed by atoms with Gasteiger partial charge in [0.25, 0.3) is 0 Å². The van der Waals surface area contributed by atoms with Gasteiger partial charge in [0, 0.05) is 38.1 Å². The lowest BCUT2D eigenvalue weighted by Gasteiger charge is -2.23. The van der Waals surface area contributed by atoms with E-state index in [2.05, 4.69) is 20.1 Å². The molecule has 1 fully saturated rings. The van der Waals surface area contributed by atoms with E-state index in [1.54, 1.807) is 0 Å². The molecule has 1 N–H and O–H groups in total. The van der Waals surface area contributed by atoms with Crippen molar-refractivity contribution in [3.8, 4) is 0 Å². The summed E-state index contributed by atoms with van der Waals surface area (Å²) < 4.78 is 7.82. The van der Waals surface area contributed by atoms with Crippen LogP contribution >= 0.6 is 0 Å². The van der Waals surface area contributed by atoms with Crippen LogP contribution in [0, 0.1) is 0 Å². The molecule has 1 amide bonds. The van der Waals surface area contributed by atoms with E-state index in [0.717, 1.165) is 74.6 Å². The second-order valence-electron chi connectivity index (χ2n) is 8.80. The minimum atomic E-state index is -0.308. The van der Waals surface area contributed by atoms with E-state index in [9.17, 15) is 4.79 Å². The highest BCUT2D eigenvalue weighted by atomic mass is 16.5. The van der Waals surface area contributed by atoms with E-state index in [0.29, 0.717) is 5.92 Å². The maximum absolute atomic E-state index is 13.5. The Morgan fingerprint density at radius 1 is 0.906 bits per heavy atom. The maximum Gasteiger partial charge on any atom is 0.232 e. The highest BCUT2D eigenvalue weighted by molar-refractivity contribution is 5.87. The number of carbonyl (C=O) groups excluding carboxylic acids is 1. The Hall–Kier alpha value is -2.99. The third-order valence-corrected chi connectivity index (χ3v) is 6.73. The molecule has 3 heterocycles. The molecular weight excluding hydrogens is 400 g/mol. The number of fused-ring (bicyclic) bond motifs is 1. The predicted molar refractivity (Wildman–Crippen MR) is 122 cm³/mol. The summed E-state index contributed by atoms with van der Waals surface area (Å²) in [6.07, 6.45) is 4.63. The molecule has 32 heavy (non-hydrogen) atoms. The third kappa shape index (κ3) is 4.46. The molecule has 5 rings (SSSR count). The van der Waals surface area contributed by atoms with Gasteiger partial charge in [0.1, 0.15) is 11.6 Å². The van der Waals surface area contributed by atoms with Gasteiger partial charge < -0.3 is 14.6 Å². The quantitative estimate of drug-likeness (QED) is 0.668. The maximum atomic E-state index is 13.5. The smallest absolute Gasteiger partial charge is 0.232 e. The van der Waals surface area contributed by atoms with Crippen molar-refractivity contribution in [3.63, 3.8) is 0 Å². The zero-order valence-corrected chi connectivity index (χ0v) is 18.3. The summed E-state index contributed by atoms with van der Waals surface area (Å²) in [4.78, 5) is 13.5. The van der Waals surface area contributed by atoms with Gasteiger partial charge in [-0.25, -0.2) is 0 Å². The first-order valence-corrected chi connectivity index (χ1v) is 11.7. The molecule has 1 aromatic heterocycles. The molecule has 166 valence electrons. The molecule has 2 aliphatic rings. The number of rotatable bonds is 5. The number of aryl methyl sites for hydroxylation is 1. The Kier molecular flexibility index (Phi) is 6.30. The van der Waals surface area contributed by atoms with E-state index in [1.165, 1.54) is 0 Å². The van der Waals surface area contributed by atoms with Crippen molar-refractivity contribution in [2.75, 3.05) is 13.2 Å². The van der Waals surface area contributed by atoms with Crippen molar-refractivity contribution in [1.82, 2.24) is 20.1 Å². The summed E-state index contributed by atoms with van der Waals surface area (Å²) in [6, 6.07) is 20.2. The zero-order chi connectivity index (χ0) is 21.8. The lowest BCUT2D eigenvalue weighted by atomic mass is 9.90. The number of hydrogen-bond donors (Lipinski definition) is 1. The van der Waals surface area contributed by atoms with Crippen LogP contribution in [0.4, 0.5) is 0 Å². The lowest BCUT2D eigenvalue weighted by Crippen LogP contribution is -2.38. The molecule has 1 saturated heterocycles. The average molecular weight is 431 g/mol. The van der Waals surface area contributed by atoms with Gasteiger partial charge in [-0.15, -0.1) is 10.2 Å².